The summed E-state index contributed by atoms with van der Waals surface area (Å²) < 4.78 is 0. The highest BCUT2D eigenvalue weighted by Crippen LogP contribution is 2.42. The molecule has 1 aliphatic rings. The number of rotatable bonds is 6. The molecule has 7 heteroatoms. The number of nitrogens with one attached hydrogen (secondary N) is 3. The molecule has 7 aromatic carbocycles. The van der Waals surface area contributed by atoms with Crippen LogP contribution in [0.5, 0.6) is 0 Å². The van der Waals surface area contributed by atoms with Gasteiger partial charge in [-0.2, -0.15) is 15.0 Å². The Hall–Kier alpha value is -6.60. The van der Waals surface area contributed by atoms with E-state index in [2.05, 4.69) is 70.5 Å². The maximum Gasteiger partial charge on any atom is 0.233 e. The summed E-state index contributed by atoms with van der Waals surface area (Å²) in [4.78, 5) is 27.7. The van der Waals surface area contributed by atoms with Crippen LogP contribution in [0.3, 0.4) is 0 Å². The topological polar surface area (TPSA) is 91.8 Å². The Morgan fingerprint density at radius 1 is 0.404 bits per heavy atom. The molecule has 1 aliphatic carbocycles. The van der Waals surface area contributed by atoms with Gasteiger partial charge in [-0.15, -0.1) is 0 Å². The SMILES string of the molecule is O=C1c2ccccc2-c2ccc(Nc3nc(Nc4ccccc4)nc(Nc4ccc5cc6ccccc6cc5c4)n3)c3cccc1c23. The van der Waals surface area contributed by atoms with Gasteiger partial charge in [0, 0.05) is 39.0 Å². The van der Waals surface area contributed by atoms with Gasteiger partial charge in [0.25, 0.3) is 0 Å². The van der Waals surface area contributed by atoms with Gasteiger partial charge in [0.1, 0.15) is 0 Å². The van der Waals surface area contributed by atoms with Crippen LogP contribution in [0.1, 0.15) is 15.9 Å². The average molecular weight is 607 g/mol. The first-order valence-electron chi connectivity index (χ1n) is 15.4. The summed E-state index contributed by atoms with van der Waals surface area (Å²) in [7, 11) is 0. The number of carbonyl (C=O) groups excluding carboxylic acids is 1. The summed E-state index contributed by atoms with van der Waals surface area (Å²) in [5.41, 5.74) is 5.88. The van der Waals surface area contributed by atoms with Crippen molar-refractivity contribution in [3.8, 4) is 11.1 Å². The number of ketones is 1. The van der Waals surface area contributed by atoms with Crippen molar-refractivity contribution in [2.75, 3.05) is 16.0 Å². The molecular weight excluding hydrogens is 580 g/mol. The maximum absolute atomic E-state index is 13.5. The third-order valence-corrected chi connectivity index (χ3v) is 8.62. The molecule has 8 aromatic rings. The number of hydrogen-bond acceptors (Lipinski definition) is 7. The minimum atomic E-state index is 0.0280. The molecular formula is C40H26N6O. The van der Waals surface area contributed by atoms with E-state index in [4.69, 9.17) is 15.0 Å². The molecule has 1 heterocycles. The molecule has 7 nitrogen and oxygen atoms in total. The Bertz CT molecular complexity index is 2530. The molecule has 0 amide bonds. The first-order valence-corrected chi connectivity index (χ1v) is 15.4. The third kappa shape index (κ3) is 4.78. The third-order valence-electron chi connectivity index (χ3n) is 8.62. The Kier molecular flexibility index (Phi) is 6.14. The van der Waals surface area contributed by atoms with Gasteiger partial charge in [-0.3, -0.25) is 4.79 Å². The van der Waals surface area contributed by atoms with Crippen molar-refractivity contribution in [3.63, 3.8) is 0 Å². The fourth-order valence-electron chi connectivity index (χ4n) is 6.45. The van der Waals surface area contributed by atoms with Crippen molar-refractivity contribution in [3.05, 3.63) is 151 Å². The van der Waals surface area contributed by atoms with E-state index in [1.54, 1.807) is 0 Å². The summed E-state index contributed by atoms with van der Waals surface area (Å²) in [5.74, 6) is 1.15. The lowest BCUT2D eigenvalue weighted by molar-refractivity contribution is 0.104. The normalized spacial score (nSPS) is 11.9. The molecule has 0 fully saturated rings. The van der Waals surface area contributed by atoms with E-state index in [0.29, 0.717) is 23.4 Å². The van der Waals surface area contributed by atoms with Crippen molar-refractivity contribution in [1.29, 1.82) is 0 Å². The number of carbonyl (C=O) groups is 1. The summed E-state index contributed by atoms with van der Waals surface area (Å²) in [5, 5.41) is 16.6. The van der Waals surface area contributed by atoms with Crippen LogP contribution < -0.4 is 16.0 Å². The highest BCUT2D eigenvalue weighted by Gasteiger charge is 2.25. The van der Waals surface area contributed by atoms with Crippen LogP contribution in [0.2, 0.25) is 0 Å². The number of aromatic nitrogens is 3. The lowest BCUT2D eigenvalue weighted by Gasteiger charge is -2.21. The quantitative estimate of drug-likeness (QED) is 0.162. The predicted octanol–water partition coefficient (Wildman–Crippen LogP) is 9.77. The van der Waals surface area contributed by atoms with E-state index in [9.17, 15) is 4.79 Å². The minimum Gasteiger partial charge on any atom is -0.324 e. The van der Waals surface area contributed by atoms with E-state index in [1.165, 1.54) is 10.8 Å². The highest BCUT2D eigenvalue weighted by molar-refractivity contribution is 6.27. The Morgan fingerprint density at radius 2 is 1.02 bits per heavy atom. The van der Waals surface area contributed by atoms with Gasteiger partial charge in [0.2, 0.25) is 17.8 Å². The number of fused-ring (bicyclic) bond motifs is 4. The van der Waals surface area contributed by atoms with Crippen LogP contribution in [0.25, 0.3) is 43.4 Å². The van der Waals surface area contributed by atoms with Gasteiger partial charge in [-0.05, 0) is 75.1 Å². The van der Waals surface area contributed by atoms with Gasteiger partial charge in [0.15, 0.2) is 5.78 Å². The molecule has 0 unspecified atom stereocenters. The first-order chi connectivity index (χ1) is 23.2. The minimum absolute atomic E-state index is 0.0280. The number of benzene rings is 7. The molecule has 0 saturated carbocycles. The van der Waals surface area contributed by atoms with Gasteiger partial charge in [-0.1, -0.05) is 97.1 Å². The van der Waals surface area contributed by atoms with Crippen molar-refractivity contribution in [2.24, 2.45) is 0 Å². The van der Waals surface area contributed by atoms with E-state index in [1.807, 2.05) is 84.9 Å². The molecule has 0 atom stereocenters. The maximum atomic E-state index is 13.5. The van der Waals surface area contributed by atoms with E-state index < -0.39 is 0 Å². The van der Waals surface area contributed by atoms with Gasteiger partial charge < -0.3 is 16.0 Å². The standard InChI is InChI=1S/C40H26N6O/c47-37-32-14-7-6-13-30(32)31-19-20-35(33-15-8-16-34(37)36(31)33)43-40-45-38(41-28-11-2-1-3-12-28)44-39(46-40)42-29-18-17-26-21-24-9-4-5-10-25(24)22-27(26)23-29/h1-23H,(H3,41,42,43,44,45,46). The van der Waals surface area contributed by atoms with Crippen molar-refractivity contribution >= 4 is 73.0 Å². The Labute approximate surface area is 270 Å². The largest absolute Gasteiger partial charge is 0.324 e. The van der Waals surface area contributed by atoms with E-state index in [-0.39, 0.29) is 5.78 Å². The second-order valence-electron chi connectivity index (χ2n) is 11.6. The molecule has 0 saturated heterocycles. The zero-order valence-corrected chi connectivity index (χ0v) is 25.0. The van der Waals surface area contributed by atoms with E-state index >= 15 is 0 Å². The summed E-state index contributed by atoms with van der Waals surface area (Å²) in [6, 6.07) is 46.5. The highest BCUT2D eigenvalue weighted by atomic mass is 16.1. The monoisotopic (exact) mass is 606 g/mol. The molecule has 1 aromatic heterocycles. The number of anilines is 6. The van der Waals surface area contributed by atoms with Crippen LogP contribution in [-0.2, 0) is 0 Å². The molecule has 9 rings (SSSR count). The van der Waals surface area contributed by atoms with Crippen LogP contribution in [0.15, 0.2) is 140 Å². The van der Waals surface area contributed by atoms with Gasteiger partial charge >= 0.3 is 0 Å². The fourth-order valence-corrected chi connectivity index (χ4v) is 6.45. The summed E-state index contributed by atoms with van der Waals surface area (Å²) >= 11 is 0. The van der Waals surface area contributed by atoms with Gasteiger partial charge in [0.05, 0.1) is 0 Å². The van der Waals surface area contributed by atoms with Gasteiger partial charge in [-0.25, -0.2) is 0 Å². The lowest BCUT2D eigenvalue weighted by Crippen LogP contribution is -2.11. The van der Waals surface area contributed by atoms with E-state index in [0.717, 1.165) is 55.3 Å². The fraction of sp³-hybridized carbons (Fsp3) is 0. The van der Waals surface area contributed by atoms with Crippen molar-refractivity contribution in [2.45, 2.75) is 0 Å². The zero-order chi connectivity index (χ0) is 31.3. The average Bonchev–Trinajstić information content (AvgIpc) is 3.10. The first kappa shape index (κ1) is 26.8. The lowest BCUT2D eigenvalue weighted by atomic mass is 9.82. The molecule has 0 bridgehead atoms. The van der Waals surface area contributed by atoms with Crippen LogP contribution in [-0.4, -0.2) is 20.7 Å². The molecule has 222 valence electrons. The number of hydrogen-bond donors (Lipinski definition) is 3. The Balaban J connectivity index is 1.12. The summed E-state index contributed by atoms with van der Waals surface area (Å²) in [6.07, 6.45) is 0. The number of para-hydroxylation sites is 1. The predicted molar refractivity (Wildman–Crippen MR) is 190 cm³/mol. The van der Waals surface area contributed by atoms with Crippen molar-refractivity contribution < 1.29 is 4.79 Å². The zero-order valence-electron chi connectivity index (χ0n) is 25.0. The second-order valence-corrected chi connectivity index (χ2v) is 11.6. The molecule has 0 radical (unpaired) electrons. The van der Waals surface area contributed by atoms with Crippen LogP contribution in [0, 0.1) is 0 Å². The molecule has 47 heavy (non-hydrogen) atoms. The van der Waals surface area contributed by atoms with Crippen molar-refractivity contribution in [1.82, 2.24) is 15.0 Å². The molecule has 0 aliphatic heterocycles. The summed E-state index contributed by atoms with van der Waals surface area (Å²) in [6.45, 7) is 0. The number of nitrogens with zero attached hydrogens (tertiary/aromatic N) is 3. The molecule has 3 N–H and O–H groups in total. The molecule has 0 spiro atoms. The van der Waals surface area contributed by atoms with Crippen LogP contribution >= 0.6 is 0 Å². The smallest absolute Gasteiger partial charge is 0.233 e. The second kappa shape index (κ2) is 10.8. The Morgan fingerprint density at radius 3 is 1.81 bits per heavy atom. The van der Waals surface area contributed by atoms with Crippen LogP contribution in [0.4, 0.5) is 34.9 Å².